The normalized spacial score (nSPS) is 11.2. The molecule has 4 aromatic rings. The minimum Gasteiger partial charge on any atom is -0.505 e. The molecule has 14 heteroatoms. The fraction of sp³-hybridized carbons (Fsp3) is 0.0435. The van der Waals surface area contributed by atoms with E-state index in [9.17, 15) is 45.0 Å². The number of aryl methyl sites for hydroxylation is 1. The zero-order chi connectivity index (χ0) is 27.0. The van der Waals surface area contributed by atoms with Crippen LogP contribution >= 0.6 is 0 Å². The summed E-state index contributed by atoms with van der Waals surface area (Å²) in [6, 6.07) is 5.47. The van der Waals surface area contributed by atoms with Gasteiger partial charge in [-0.05, 0) is 37.3 Å². The van der Waals surface area contributed by atoms with Crippen LogP contribution in [-0.4, -0.2) is 69.5 Å². The summed E-state index contributed by atoms with van der Waals surface area (Å²) < 4.78 is 1.18. The first kappa shape index (κ1) is 24.5. The van der Waals surface area contributed by atoms with E-state index in [4.69, 9.17) is 0 Å². The average Bonchev–Trinajstić information content (AvgIpc) is 3.28. The van der Waals surface area contributed by atoms with Crippen molar-refractivity contribution in [2.45, 2.75) is 6.92 Å². The molecule has 37 heavy (non-hydrogen) atoms. The number of pyridine rings is 1. The molecule has 7 N–H and O–H groups in total. The Morgan fingerprint density at radius 1 is 0.946 bits per heavy atom. The van der Waals surface area contributed by atoms with E-state index in [1.165, 1.54) is 29.9 Å². The van der Waals surface area contributed by atoms with Gasteiger partial charge in [-0.3, -0.25) is 4.79 Å². The van der Waals surface area contributed by atoms with Gasteiger partial charge < -0.3 is 30.6 Å². The molecular formula is C23H17N5O9. The van der Waals surface area contributed by atoms with Crippen LogP contribution in [0.3, 0.4) is 0 Å². The van der Waals surface area contributed by atoms with Crippen LogP contribution in [-0.2, 0) is 0 Å². The van der Waals surface area contributed by atoms with Crippen LogP contribution in [0, 0.1) is 6.92 Å². The van der Waals surface area contributed by atoms with E-state index in [-0.39, 0.29) is 50.4 Å². The van der Waals surface area contributed by atoms with Crippen molar-refractivity contribution in [2.75, 3.05) is 0 Å². The minimum atomic E-state index is -1.34. The second-order valence-electron chi connectivity index (χ2n) is 7.68. The lowest BCUT2D eigenvalue weighted by molar-refractivity contribution is 0.0696. The Kier molecular flexibility index (Phi) is 6.07. The van der Waals surface area contributed by atoms with Crippen LogP contribution < -0.4 is 5.43 Å². The first-order chi connectivity index (χ1) is 17.5. The fourth-order valence-corrected chi connectivity index (χ4v) is 3.39. The van der Waals surface area contributed by atoms with E-state index < -0.39 is 35.1 Å². The third-order valence-electron chi connectivity index (χ3n) is 5.27. The number of fused-ring (bicyclic) bond motifs is 1. The third kappa shape index (κ3) is 4.53. The van der Waals surface area contributed by atoms with Crippen molar-refractivity contribution in [2.24, 2.45) is 5.10 Å². The first-order valence-corrected chi connectivity index (χ1v) is 10.3. The maximum atomic E-state index is 12.3. The number of amides is 1. The molecule has 0 unspecified atom stereocenters. The Balaban J connectivity index is 1.73. The number of benzene rings is 2. The monoisotopic (exact) mass is 507 g/mol. The number of hydrazone groups is 1. The molecule has 14 nitrogen and oxygen atoms in total. The van der Waals surface area contributed by atoms with Crippen molar-refractivity contribution in [3.05, 3.63) is 64.5 Å². The standard InChI is InChI=1S/C23H17N5O9/c1-9-17(30)14(7-24-26-21(33)13-2-3-16(29)19(32)18(13)31)15-8-28(27-20(15)25-9)12-5-10(22(34)35)4-11(6-12)23(36)37/h2-8,29-32H,1H3,(H,26,33)(H,34,35)(H,36,37)/b24-7+. The summed E-state index contributed by atoms with van der Waals surface area (Å²) in [6.45, 7) is 1.48. The quantitative estimate of drug-likeness (QED) is 0.113. The molecule has 4 rings (SSSR count). The van der Waals surface area contributed by atoms with Gasteiger partial charge in [0.2, 0.25) is 5.75 Å². The molecule has 0 atom stereocenters. The number of aromatic hydroxyl groups is 4. The SMILES string of the molecule is Cc1nc2nn(-c3cc(C(=O)O)cc(C(=O)O)c3)cc2c(/C=N/NC(=O)c2ccc(O)c(O)c2O)c1O. The third-order valence-corrected chi connectivity index (χ3v) is 5.27. The van der Waals surface area contributed by atoms with Gasteiger partial charge in [0.05, 0.1) is 45.2 Å². The molecule has 188 valence electrons. The van der Waals surface area contributed by atoms with Crippen molar-refractivity contribution < 1.29 is 45.0 Å². The number of carboxylic acid groups (broad SMARTS) is 2. The number of nitrogens with zero attached hydrogens (tertiary/aromatic N) is 4. The second kappa shape index (κ2) is 9.18. The molecule has 0 spiro atoms. The Bertz CT molecular complexity index is 1610. The molecule has 0 saturated heterocycles. The zero-order valence-electron chi connectivity index (χ0n) is 18.7. The maximum absolute atomic E-state index is 12.3. The highest BCUT2D eigenvalue weighted by Gasteiger charge is 2.19. The minimum absolute atomic E-state index is 0.0691. The highest BCUT2D eigenvalue weighted by Crippen LogP contribution is 2.37. The summed E-state index contributed by atoms with van der Waals surface area (Å²) in [7, 11) is 0. The summed E-state index contributed by atoms with van der Waals surface area (Å²) in [5, 5.41) is 66.2. The lowest BCUT2D eigenvalue weighted by Crippen LogP contribution is -2.17. The van der Waals surface area contributed by atoms with E-state index in [0.717, 1.165) is 24.4 Å². The van der Waals surface area contributed by atoms with E-state index in [0.29, 0.717) is 0 Å². The summed E-state index contributed by atoms with van der Waals surface area (Å²) in [6.07, 6.45) is 2.44. The molecule has 0 saturated carbocycles. The Morgan fingerprint density at radius 2 is 1.59 bits per heavy atom. The van der Waals surface area contributed by atoms with Gasteiger partial charge in [-0.1, -0.05) is 0 Å². The van der Waals surface area contributed by atoms with Crippen molar-refractivity contribution in [3.8, 4) is 28.7 Å². The zero-order valence-corrected chi connectivity index (χ0v) is 18.7. The molecule has 0 fully saturated rings. The number of carboxylic acids is 2. The van der Waals surface area contributed by atoms with Crippen LogP contribution in [0.1, 0.15) is 42.3 Å². The van der Waals surface area contributed by atoms with Crippen molar-refractivity contribution >= 4 is 35.1 Å². The smallest absolute Gasteiger partial charge is 0.335 e. The molecular weight excluding hydrogens is 490 g/mol. The van der Waals surface area contributed by atoms with Gasteiger partial charge in [-0.25, -0.2) is 24.7 Å². The number of aromatic nitrogens is 3. The Morgan fingerprint density at radius 3 is 2.22 bits per heavy atom. The second-order valence-corrected chi connectivity index (χ2v) is 7.68. The molecule has 2 aromatic carbocycles. The van der Waals surface area contributed by atoms with Crippen LogP contribution in [0.15, 0.2) is 41.6 Å². The van der Waals surface area contributed by atoms with Gasteiger partial charge in [-0.2, -0.15) is 5.10 Å². The fourth-order valence-electron chi connectivity index (χ4n) is 3.39. The molecule has 0 bridgehead atoms. The first-order valence-electron chi connectivity index (χ1n) is 10.3. The van der Waals surface area contributed by atoms with Gasteiger partial charge in [-0.15, -0.1) is 5.10 Å². The van der Waals surface area contributed by atoms with Crippen LogP contribution in [0.2, 0.25) is 0 Å². The molecule has 0 radical (unpaired) electrons. The average molecular weight is 507 g/mol. The van der Waals surface area contributed by atoms with Gasteiger partial charge in [0.15, 0.2) is 17.1 Å². The number of phenolic OH excluding ortho intramolecular Hbond substituents is 3. The van der Waals surface area contributed by atoms with Gasteiger partial charge in [0.1, 0.15) is 5.75 Å². The van der Waals surface area contributed by atoms with E-state index >= 15 is 0 Å². The summed E-state index contributed by atoms with van der Waals surface area (Å²) in [4.78, 5) is 39.4. The Hall–Kier alpha value is -5.66. The molecule has 2 aromatic heterocycles. The lowest BCUT2D eigenvalue weighted by Gasteiger charge is -2.06. The van der Waals surface area contributed by atoms with Crippen molar-refractivity contribution in [1.82, 2.24) is 20.2 Å². The van der Waals surface area contributed by atoms with Gasteiger partial charge in [0, 0.05) is 6.20 Å². The molecule has 1 amide bonds. The van der Waals surface area contributed by atoms with Crippen LogP contribution in [0.5, 0.6) is 23.0 Å². The van der Waals surface area contributed by atoms with Crippen LogP contribution in [0.25, 0.3) is 16.7 Å². The van der Waals surface area contributed by atoms with Gasteiger partial charge in [0.25, 0.3) is 5.91 Å². The number of carbonyl (C=O) groups is 3. The predicted molar refractivity (Wildman–Crippen MR) is 126 cm³/mol. The summed E-state index contributed by atoms with van der Waals surface area (Å²) in [5.74, 6) is -6.30. The number of rotatable bonds is 6. The molecule has 0 aliphatic rings. The number of carbonyl (C=O) groups excluding carboxylic acids is 1. The lowest BCUT2D eigenvalue weighted by atomic mass is 10.1. The van der Waals surface area contributed by atoms with Crippen molar-refractivity contribution in [1.29, 1.82) is 0 Å². The number of nitrogens with one attached hydrogen (secondary N) is 1. The number of phenols is 3. The molecule has 0 aliphatic carbocycles. The maximum Gasteiger partial charge on any atom is 0.335 e. The van der Waals surface area contributed by atoms with E-state index in [2.05, 4.69) is 20.6 Å². The molecule has 2 heterocycles. The summed E-state index contributed by atoms with van der Waals surface area (Å²) in [5.41, 5.74) is 1.59. The van der Waals surface area contributed by atoms with Crippen molar-refractivity contribution in [3.63, 3.8) is 0 Å². The molecule has 0 aliphatic heterocycles. The van der Waals surface area contributed by atoms with E-state index in [1.807, 2.05) is 0 Å². The largest absolute Gasteiger partial charge is 0.505 e. The van der Waals surface area contributed by atoms with E-state index in [1.54, 1.807) is 0 Å². The number of hydrogen-bond acceptors (Lipinski definition) is 10. The topological polar surface area (TPSA) is 228 Å². The predicted octanol–water partition coefficient (Wildman–Crippen LogP) is 1.71. The number of aromatic carboxylic acids is 2. The van der Waals surface area contributed by atoms with Crippen LogP contribution in [0.4, 0.5) is 0 Å². The highest BCUT2D eigenvalue weighted by molar-refractivity contribution is 6.02. The highest BCUT2D eigenvalue weighted by atomic mass is 16.4. The number of hydrogen-bond donors (Lipinski definition) is 7. The van der Waals surface area contributed by atoms with Gasteiger partial charge >= 0.3 is 11.9 Å². The Labute approximate surface area is 206 Å². The summed E-state index contributed by atoms with van der Waals surface area (Å²) >= 11 is 0.